The van der Waals surface area contributed by atoms with E-state index in [1.54, 1.807) is 25.1 Å². The Hall–Kier alpha value is -2.86. The molecule has 0 radical (unpaired) electrons. The van der Waals surface area contributed by atoms with Gasteiger partial charge in [0.1, 0.15) is 29.8 Å². The van der Waals surface area contributed by atoms with E-state index in [0.29, 0.717) is 42.2 Å². The average molecular weight is 571 g/mol. The molecule has 3 aliphatic rings. The molecule has 6 unspecified atom stereocenters. The molecule has 0 saturated carbocycles. The van der Waals surface area contributed by atoms with Gasteiger partial charge in [0.2, 0.25) is 5.78 Å². The first-order chi connectivity index (χ1) is 19.4. The van der Waals surface area contributed by atoms with E-state index in [-0.39, 0.29) is 35.1 Å². The third-order valence-corrected chi connectivity index (χ3v) is 8.42. The van der Waals surface area contributed by atoms with Gasteiger partial charge in [-0.3, -0.25) is 9.59 Å². The Kier molecular flexibility index (Phi) is 8.26. The first-order valence-corrected chi connectivity index (χ1v) is 14.2. The largest absolute Gasteiger partial charge is 0.507 e. The van der Waals surface area contributed by atoms with Crippen molar-refractivity contribution in [3.63, 3.8) is 0 Å². The van der Waals surface area contributed by atoms with Crippen molar-refractivity contribution < 1.29 is 49.3 Å². The number of phenols is 1. The smallest absolute Gasteiger partial charge is 0.201 e. The summed E-state index contributed by atoms with van der Waals surface area (Å²) < 4.78 is 17.9. The number of aromatic hydroxyl groups is 1. The zero-order valence-corrected chi connectivity index (χ0v) is 23.5. The van der Waals surface area contributed by atoms with Crippen molar-refractivity contribution in [3.05, 3.63) is 57.6 Å². The van der Waals surface area contributed by atoms with Gasteiger partial charge in [0, 0.05) is 30.4 Å². The van der Waals surface area contributed by atoms with Gasteiger partial charge in [0.15, 0.2) is 12.1 Å². The first-order valence-electron chi connectivity index (χ1n) is 14.2. The summed E-state index contributed by atoms with van der Waals surface area (Å²) in [5, 5.41) is 54.0. The summed E-state index contributed by atoms with van der Waals surface area (Å²) >= 11 is 0. The van der Waals surface area contributed by atoms with Crippen LogP contribution in [0.5, 0.6) is 11.5 Å². The van der Waals surface area contributed by atoms with E-state index >= 15 is 0 Å². The zero-order chi connectivity index (χ0) is 29.6. The number of fused-ring (bicyclic) bond motifs is 3. The third kappa shape index (κ3) is 5.40. The Bertz CT molecular complexity index is 1340. The van der Waals surface area contributed by atoms with Crippen LogP contribution in [-0.4, -0.2) is 74.4 Å². The Balaban J connectivity index is 1.58. The first kappa shape index (κ1) is 29.6. The lowest BCUT2D eigenvalue weighted by molar-refractivity contribution is -0.243. The van der Waals surface area contributed by atoms with Crippen molar-refractivity contribution in [1.29, 1.82) is 0 Å². The molecular formula is C31H38O10. The molecule has 2 aromatic rings. The monoisotopic (exact) mass is 570 g/mol. The Morgan fingerprint density at radius 2 is 1.93 bits per heavy atom. The fourth-order valence-corrected chi connectivity index (χ4v) is 6.05. The number of hydrogen-bond donors (Lipinski definition) is 5. The van der Waals surface area contributed by atoms with Crippen LogP contribution in [0.3, 0.4) is 0 Å². The summed E-state index contributed by atoms with van der Waals surface area (Å²) in [6, 6.07) is 6.49. The highest BCUT2D eigenvalue weighted by atomic mass is 16.7. The number of carbonyl (C=O) groups is 2. The highest BCUT2D eigenvalue weighted by Gasteiger charge is 2.48. The summed E-state index contributed by atoms with van der Waals surface area (Å²) in [5.74, 6) is -1.03. The van der Waals surface area contributed by atoms with Gasteiger partial charge in [-0.2, -0.15) is 0 Å². The van der Waals surface area contributed by atoms with Crippen molar-refractivity contribution in [2.75, 3.05) is 13.2 Å². The predicted molar refractivity (Wildman–Crippen MR) is 146 cm³/mol. The highest BCUT2D eigenvalue weighted by Crippen LogP contribution is 2.50. The summed E-state index contributed by atoms with van der Waals surface area (Å²) in [4.78, 5) is 26.6. The number of carbonyl (C=O) groups excluding carboxylic acids is 2. The topological polar surface area (TPSA) is 163 Å². The molecule has 1 heterocycles. The van der Waals surface area contributed by atoms with Crippen LogP contribution in [0, 0.1) is 5.92 Å². The van der Waals surface area contributed by atoms with E-state index in [1.807, 2.05) is 0 Å². The zero-order valence-electron chi connectivity index (χ0n) is 23.5. The van der Waals surface area contributed by atoms with E-state index in [1.165, 1.54) is 6.07 Å². The second-order valence-electron chi connectivity index (χ2n) is 11.8. The highest BCUT2D eigenvalue weighted by molar-refractivity contribution is 6.16. The van der Waals surface area contributed by atoms with Crippen LogP contribution >= 0.6 is 0 Å². The number of benzene rings is 2. The van der Waals surface area contributed by atoms with Gasteiger partial charge >= 0.3 is 0 Å². The molecule has 10 heteroatoms. The molecule has 0 aromatic heterocycles. The van der Waals surface area contributed by atoms with Gasteiger partial charge in [-0.15, -0.1) is 0 Å². The molecule has 1 saturated heterocycles. The van der Waals surface area contributed by atoms with Gasteiger partial charge in [0.25, 0.3) is 0 Å². The van der Waals surface area contributed by atoms with E-state index in [0.717, 1.165) is 6.42 Å². The number of ketones is 2. The second-order valence-corrected chi connectivity index (χ2v) is 11.8. The van der Waals surface area contributed by atoms with Crippen LogP contribution < -0.4 is 4.74 Å². The van der Waals surface area contributed by atoms with E-state index < -0.39 is 60.2 Å². The quantitative estimate of drug-likeness (QED) is 0.319. The number of phenolic OH excluding ortho intramolecular Hbond substituents is 1. The van der Waals surface area contributed by atoms with Crippen LogP contribution in [-0.2, 0) is 20.7 Å². The number of aliphatic hydroxyl groups is 4. The number of rotatable bonds is 8. The van der Waals surface area contributed by atoms with Crippen LogP contribution in [0.2, 0.25) is 0 Å². The number of aliphatic hydroxyl groups excluding tert-OH is 3. The SMILES string of the molecule is CC(C)CCOc1cccc2c1C(=O)c1c(cc3c(c1O)C(OC1CCC(O)C(C)O1)CC(O)(C(=O)CO)C3)C2O. The van der Waals surface area contributed by atoms with Crippen molar-refractivity contribution in [2.24, 2.45) is 5.92 Å². The minimum absolute atomic E-state index is 0.0930. The Morgan fingerprint density at radius 1 is 1.17 bits per heavy atom. The normalized spacial score (nSPS) is 29.1. The van der Waals surface area contributed by atoms with Crippen molar-refractivity contribution in [3.8, 4) is 11.5 Å². The van der Waals surface area contributed by atoms with Crippen molar-refractivity contribution in [1.82, 2.24) is 0 Å². The van der Waals surface area contributed by atoms with Crippen LogP contribution in [0.25, 0.3) is 0 Å². The minimum atomic E-state index is -2.01. The van der Waals surface area contributed by atoms with Gasteiger partial charge in [-0.05, 0) is 42.9 Å². The molecule has 2 aliphatic carbocycles. The van der Waals surface area contributed by atoms with E-state index in [4.69, 9.17) is 14.2 Å². The molecular weight excluding hydrogens is 532 g/mol. The Morgan fingerprint density at radius 3 is 2.61 bits per heavy atom. The molecule has 6 atom stereocenters. The lowest BCUT2D eigenvalue weighted by atomic mass is 9.72. The van der Waals surface area contributed by atoms with Gasteiger partial charge in [0.05, 0.1) is 36.0 Å². The molecule has 2 aromatic carbocycles. The van der Waals surface area contributed by atoms with Gasteiger partial charge < -0.3 is 39.7 Å². The number of ether oxygens (including phenoxy) is 3. The summed E-state index contributed by atoms with van der Waals surface area (Å²) in [7, 11) is 0. The molecule has 5 rings (SSSR count). The number of Topliss-reactive ketones (excluding diaryl/α,β-unsaturated/α-hetero) is 1. The van der Waals surface area contributed by atoms with Crippen LogP contribution in [0.15, 0.2) is 24.3 Å². The molecule has 222 valence electrons. The van der Waals surface area contributed by atoms with Gasteiger partial charge in [-0.1, -0.05) is 32.0 Å². The van der Waals surface area contributed by atoms with Crippen LogP contribution in [0.4, 0.5) is 0 Å². The van der Waals surface area contributed by atoms with Crippen molar-refractivity contribution in [2.45, 2.75) is 89.2 Å². The summed E-state index contributed by atoms with van der Waals surface area (Å²) in [6.45, 7) is 5.30. The fraction of sp³-hybridized carbons (Fsp3) is 0.548. The maximum atomic E-state index is 14.0. The van der Waals surface area contributed by atoms with Gasteiger partial charge in [-0.25, -0.2) is 0 Å². The average Bonchev–Trinajstić information content (AvgIpc) is 2.92. The predicted octanol–water partition coefficient (Wildman–Crippen LogP) is 2.63. The molecule has 0 amide bonds. The summed E-state index contributed by atoms with van der Waals surface area (Å²) in [6.07, 6.45) is -3.41. The molecule has 1 fully saturated rings. The molecule has 10 nitrogen and oxygen atoms in total. The molecule has 0 spiro atoms. The number of hydrogen-bond acceptors (Lipinski definition) is 10. The maximum absolute atomic E-state index is 14.0. The van der Waals surface area contributed by atoms with E-state index in [9.17, 15) is 35.1 Å². The Labute approximate surface area is 238 Å². The van der Waals surface area contributed by atoms with Crippen molar-refractivity contribution >= 4 is 11.6 Å². The minimum Gasteiger partial charge on any atom is -0.507 e. The standard InChI is InChI=1S/C31H38O10/c1-15(2)9-10-39-21-6-4-5-18-26(21)30(37)27-19(28(18)35)11-17-12-31(38,23(34)14-32)13-22(25(17)29(27)36)41-24-8-7-20(33)16(3)40-24/h4-6,11,15-16,20,22,24,28,32-33,35-36,38H,7-10,12-14H2,1-3H3. The maximum Gasteiger partial charge on any atom is 0.201 e. The lowest BCUT2D eigenvalue weighted by Gasteiger charge is -2.41. The molecule has 1 aliphatic heterocycles. The lowest BCUT2D eigenvalue weighted by Crippen LogP contribution is -2.48. The van der Waals surface area contributed by atoms with Crippen LogP contribution in [0.1, 0.15) is 96.8 Å². The third-order valence-electron chi connectivity index (χ3n) is 8.42. The van der Waals surface area contributed by atoms with E-state index in [2.05, 4.69) is 13.8 Å². The molecule has 5 N–H and O–H groups in total. The molecule has 41 heavy (non-hydrogen) atoms. The summed E-state index contributed by atoms with van der Waals surface area (Å²) in [5.41, 5.74) is -0.935. The molecule has 0 bridgehead atoms. The second kappa shape index (κ2) is 11.4. The fourth-order valence-electron chi connectivity index (χ4n) is 6.05.